The van der Waals surface area contributed by atoms with Gasteiger partial charge in [-0.1, -0.05) is 12.1 Å². The Bertz CT molecular complexity index is 1080. The number of rotatable bonds is 6. The van der Waals surface area contributed by atoms with E-state index < -0.39 is 21.7 Å². The third-order valence-corrected chi connectivity index (χ3v) is 6.03. The van der Waals surface area contributed by atoms with E-state index in [0.717, 1.165) is 27.5 Å². The summed E-state index contributed by atoms with van der Waals surface area (Å²) in [5, 5.41) is 2.68. The number of para-hydroxylation sites is 2. The zero-order valence-corrected chi connectivity index (χ0v) is 15.7. The number of nitrogens with zero attached hydrogens (tertiary/aromatic N) is 3. The Kier molecular flexibility index (Phi) is 5.24. The summed E-state index contributed by atoms with van der Waals surface area (Å²) in [7, 11) is -0.729. The van der Waals surface area contributed by atoms with Gasteiger partial charge in [0.2, 0.25) is 15.9 Å². The molecule has 9 heteroatoms. The van der Waals surface area contributed by atoms with Gasteiger partial charge in [-0.2, -0.15) is 4.31 Å². The van der Waals surface area contributed by atoms with E-state index in [9.17, 15) is 17.6 Å². The first-order chi connectivity index (χ1) is 12.8. The lowest BCUT2D eigenvalue weighted by molar-refractivity contribution is -0.121. The lowest BCUT2D eigenvalue weighted by atomic mass is 10.3. The van der Waals surface area contributed by atoms with Gasteiger partial charge in [-0.3, -0.25) is 4.79 Å². The van der Waals surface area contributed by atoms with E-state index in [2.05, 4.69) is 10.3 Å². The third kappa shape index (κ3) is 3.99. The van der Waals surface area contributed by atoms with Crippen LogP contribution in [0.3, 0.4) is 0 Å². The molecular weight excluding hydrogens is 371 g/mol. The predicted molar refractivity (Wildman–Crippen MR) is 98.8 cm³/mol. The molecule has 1 aromatic heterocycles. The van der Waals surface area contributed by atoms with Crippen molar-refractivity contribution in [1.29, 1.82) is 0 Å². The van der Waals surface area contributed by atoms with Crippen LogP contribution in [0.5, 0.6) is 0 Å². The van der Waals surface area contributed by atoms with Crippen LogP contribution >= 0.6 is 0 Å². The molecule has 1 heterocycles. The number of imidazole rings is 1. The highest BCUT2D eigenvalue weighted by molar-refractivity contribution is 7.89. The number of amides is 1. The van der Waals surface area contributed by atoms with Crippen LogP contribution in [0.1, 0.15) is 5.82 Å². The van der Waals surface area contributed by atoms with Gasteiger partial charge < -0.3 is 9.88 Å². The molecule has 0 radical (unpaired) electrons. The van der Waals surface area contributed by atoms with E-state index in [4.69, 9.17) is 0 Å². The smallest absolute Gasteiger partial charge is 0.243 e. The van der Waals surface area contributed by atoms with Gasteiger partial charge in [0.1, 0.15) is 11.6 Å². The number of carbonyl (C=O) groups excluding carboxylic acids is 1. The summed E-state index contributed by atoms with van der Waals surface area (Å²) >= 11 is 0. The fourth-order valence-electron chi connectivity index (χ4n) is 2.66. The first kappa shape index (κ1) is 19.0. The Morgan fingerprint density at radius 1 is 1.19 bits per heavy atom. The van der Waals surface area contributed by atoms with E-state index in [1.54, 1.807) is 0 Å². The van der Waals surface area contributed by atoms with Crippen LogP contribution in [0.2, 0.25) is 0 Å². The zero-order chi connectivity index (χ0) is 19.6. The van der Waals surface area contributed by atoms with E-state index in [0.29, 0.717) is 5.82 Å². The average Bonchev–Trinajstić information content (AvgIpc) is 2.96. The lowest BCUT2D eigenvalue weighted by Crippen LogP contribution is -2.38. The average molecular weight is 390 g/mol. The molecule has 0 bridgehead atoms. The standard InChI is InChI=1S/C18H19FN4O3S/c1-22(27(25,26)14-9-7-13(19)8-10-14)12-18(24)20-11-17-21-15-5-3-4-6-16(15)23(17)2/h3-10H,11-12H2,1-2H3,(H,20,24). The summed E-state index contributed by atoms with van der Waals surface area (Å²) < 4.78 is 40.6. The van der Waals surface area contributed by atoms with Gasteiger partial charge in [-0.05, 0) is 36.4 Å². The molecule has 3 aromatic rings. The Hall–Kier alpha value is -2.78. The highest BCUT2D eigenvalue weighted by Crippen LogP contribution is 2.15. The van der Waals surface area contributed by atoms with Gasteiger partial charge in [0.15, 0.2) is 0 Å². The van der Waals surface area contributed by atoms with Gasteiger partial charge in [0.05, 0.1) is 29.0 Å². The highest BCUT2D eigenvalue weighted by atomic mass is 32.2. The number of carbonyl (C=O) groups is 1. The molecule has 27 heavy (non-hydrogen) atoms. The minimum absolute atomic E-state index is 0.0745. The van der Waals surface area contributed by atoms with Gasteiger partial charge >= 0.3 is 0 Å². The second-order valence-electron chi connectivity index (χ2n) is 6.07. The molecule has 0 unspecified atom stereocenters. The number of nitrogens with one attached hydrogen (secondary N) is 1. The number of benzene rings is 2. The van der Waals surface area contributed by atoms with Crippen LogP contribution < -0.4 is 5.32 Å². The quantitative estimate of drug-likeness (QED) is 0.694. The SMILES string of the molecule is CN(CC(=O)NCc1nc2ccccc2n1C)S(=O)(=O)c1ccc(F)cc1. The van der Waals surface area contributed by atoms with Crippen molar-refractivity contribution in [1.82, 2.24) is 19.2 Å². The number of aryl methyl sites for hydroxylation is 1. The lowest BCUT2D eigenvalue weighted by Gasteiger charge is -2.16. The van der Waals surface area contributed by atoms with Crippen molar-refractivity contribution >= 4 is 27.0 Å². The van der Waals surface area contributed by atoms with Crippen LogP contribution in [0.15, 0.2) is 53.4 Å². The number of hydrogen-bond donors (Lipinski definition) is 1. The van der Waals surface area contributed by atoms with E-state index in [-0.39, 0.29) is 18.0 Å². The molecule has 0 saturated heterocycles. The summed E-state index contributed by atoms with van der Waals surface area (Å²) in [6, 6.07) is 12.0. The molecule has 2 aromatic carbocycles. The summed E-state index contributed by atoms with van der Waals surface area (Å²) in [6.45, 7) is -0.182. The van der Waals surface area contributed by atoms with Crippen LogP contribution in [0.25, 0.3) is 11.0 Å². The maximum atomic E-state index is 13.0. The summed E-state index contributed by atoms with van der Waals surface area (Å²) in [5.41, 5.74) is 1.76. The van der Waals surface area contributed by atoms with Crippen molar-refractivity contribution in [2.24, 2.45) is 7.05 Å². The van der Waals surface area contributed by atoms with E-state index in [1.807, 2.05) is 35.9 Å². The van der Waals surface area contributed by atoms with Gasteiger partial charge in [-0.25, -0.2) is 17.8 Å². The first-order valence-electron chi connectivity index (χ1n) is 8.18. The molecule has 0 fully saturated rings. The number of sulfonamides is 1. The van der Waals surface area contributed by atoms with Crippen molar-refractivity contribution < 1.29 is 17.6 Å². The van der Waals surface area contributed by atoms with Crippen LogP contribution in [-0.4, -0.2) is 41.8 Å². The first-order valence-corrected chi connectivity index (χ1v) is 9.62. The summed E-state index contributed by atoms with van der Waals surface area (Å²) in [4.78, 5) is 16.5. The van der Waals surface area contributed by atoms with Crippen molar-refractivity contribution in [3.05, 3.63) is 60.2 Å². The Labute approximate surface area is 156 Å². The van der Waals surface area contributed by atoms with Crippen LogP contribution in [0.4, 0.5) is 4.39 Å². The summed E-state index contributed by atoms with van der Waals surface area (Å²) in [5.74, 6) is -0.333. The molecule has 0 aliphatic heterocycles. The third-order valence-electron chi connectivity index (χ3n) is 4.21. The minimum Gasteiger partial charge on any atom is -0.348 e. The molecule has 0 aliphatic carbocycles. The molecule has 0 spiro atoms. The van der Waals surface area contributed by atoms with Crippen molar-refractivity contribution in [3.8, 4) is 0 Å². The highest BCUT2D eigenvalue weighted by Gasteiger charge is 2.23. The number of hydrogen-bond acceptors (Lipinski definition) is 4. The number of likely N-dealkylation sites (N-methyl/N-ethyl adjacent to an activating group) is 1. The van der Waals surface area contributed by atoms with E-state index in [1.165, 1.54) is 19.2 Å². The maximum Gasteiger partial charge on any atom is 0.243 e. The molecule has 1 amide bonds. The number of fused-ring (bicyclic) bond motifs is 1. The van der Waals surface area contributed by atoms with Gasteiger partial charge in [0.25, 0.3) is 0 Å². The maximum absolute atomic E-state index is 13.0. The largest absolute Gasteiger partial charge is 0.348 e. The minimum atomic E-state index is -3.88. The number of halogens is 1. The van der Waals surface area contributed by atoms with Crippen molar-refractivity contribution in [3.63, 3.8) is 0 Å². The molecule has 1 N–H and O–H groups in total. The van der Waals surface area contributed by atoms with Gasteiger partial charge in [-0.15, -0.1) is 0 Å². The fourth-order valence-corrected chi connectivity index (χ4v) is 3.79. The second-order valence-corrected chi connectivity index (χ2v) is 8.11. The molecule has 7 nitrogen and oxygen atoms in total. The molecule has 0 saturated carbocycles. The predicted octanol–water partition coefficient (Wildman–Crippen LogP) is 1.65. The molecule has 0 atom stereocenters. The molecular formula is C18H19FN4O3S. The Balaban J connectivity index is 1.64. The van der Waals surface area contributed by atoms with Crippen molar-refractivity contribution in [2.45, 2.75) is 11.4 Å². The topological polar surface area (TPSA) is 84.3 Å². The van der Waals surface area contributed by atoms with Gasteiger partial charge in [0, 0.05) is 14.1 Å². The summed E-state index contributed by atoms with van der Waals surface area (Å²) in [6.07, 6.45) is 0. The zero-order valence-electron chi connectivity index (χ0n) is 14.9. The van der Waals surface area contributed by atoms with Crippen molar-refractivity contribution in [2.75, 3.05) is 13.6 Å². The Morgan fingerprint density at radius 2 is 1.85 bits per heavy atom. The van der Waals surface area contributed by atoms with E-state index >= 15 is 0 Å². The molecule has 0 aliphatic rings. The van der Waals surface area contributed by atoms with Crippen LogP contribution in [0, 0.1) is 5.82 Å². The van der Waals surface area contributed by atoms with Crippen LogP contribution in [-0.2, 0) is 28.4 Å². The molecule has 3 rings (SSSR count). The fraction of sp³-hybridized carbons (Fsp3) is 0.222. The second kappa shape index (κ2) is 7.45. The normalized spacial score (nSPS) is 11.9. The molecule has 142 valence electrons. The number of aromatic nitrogens is 2. The monoisotopic (exact) mass is 390 g/mol. The Morgan fingerprint density at radius 3 is 2.52 bits per heavy atom.